The largest absolute Gasteiger partial charge is 1.00 e. The first-order chi connectivity index (χ1) is 10.9. The van der Waals surface area contributed by atoms with Crippen molar-refractivity contribution >= 4 is 5.97 Å². The Morgan fingerprint density at radius 2 is 2.00 bits per heavy atom. The second kappa shape index (κ2) is 16.0. The number of hydrogen-bond donors (Lipinski definition) is 3. The van der Waals surface area contributed by atoms with Crippen LogP contribution in [-0.4, -0.2) is 59.4 Å². The number of carboxylic acid groups (broad SMARTS) is 1. The molecule has 3 N–H and O–H groups in total. The fourth-order valence-corrected chi connectivity index (χ4v) is 2.17. The molecule has 0 amide bonds. The molecule has 0 radical (unpaired) electrons. The van der Waals surface area contributed by atoms with E-state index in [0.29, 0.717) is 19.6 Å². The van der Waals surface area contributed by atoms with Gasteiger partial charge in [-0.3, -0.25) is 9.69 Å². The molecular formula is C17H33LiN2O4. The Kier molecular flexibility index (Phi) is 17.1. The standard InChI is InChI=1S/C17H34N2O4.Li/c1-4-6-8-15(20)12-18-10-11-19(14(3)17(22)23)13-16(21)9-7-5-2;/h9,14-15,18,20-21H,4-8,10-13H2,1-3H3,(H,22,23);/q;+1/p-1/b16-9-;. The van der Waals surface area contributed by atoms with Crippen LogP contribution in [0, 0.1) is 0 Å². The van der Waals surface area contributed by atoms with Gasteiger partial charge >= 0.3 is 24.8 Å². The monoisotopic (exact) mass is 336 g/mol. The zero-order valence-corrected chi connectivity index (χ0v) is 15.8. The number of carbonyl (C=O) groups is 1. The minimum atomic E-state index is -0.934. The summed E-state index contributed by atoms with van der Waals surface area (Å²) in [6.07, 6.45) is 5.68. The summed E-state index contributed by atoms with van der Waals surface area (Å²) in [6.45, 7) is 7.28. The Balaban J connectivity index is 0. The number of allylic oxidation sites excluding steroid dienone is 1. The Labute approximate surface area is 158 Å². The molecule has 0 bridgehead atoms. The van der Waals surface area contributed by atoms with E-state index in [2.05, 4.69) is 12.2 Å². The minimum Gasteiger partial charge on any atom is -0.875 e. The predicted octanol–water partition coefficient (Wildman–Crippen LogP) is -2.05. The first-order valence-electron chi connectivity index (χ1n) is 8.64. The molecule has 0 saturated carbocycles. The summed E-state index contributed by atoms with van der Waals surface area (Å²) in [6, 6.07) is -0.708. The van der Waals surface area contributed by atoms with Crippen LogP contribution < -0.4 is 29.3 Å². The van der Waals surface area contributed by atoms with Gasteiger partial charge in [-0.05, 0) is 19.8 Å². The molecule has 0 spiro atoms. The van der Waals surface area contributed by atoms with Gasteiger partial charge in [-0.15, -0.1) is 5.76 Å². The van der Waals surface area contributed by atoms with Crippen molar-refractivity contribution < 1.29 is 39.0 Å². The van der Waals surface area contributed by atoms with E-state index in [1.165, 1.54) is 0 Å². The maximum absolute atomic E-state index is 11.8. The maximum Gasteiger partial charge on any atom is 1.00 e. The van der Waals surface area contributed by atoms with Crippen LogP contribution in [0.2, 0.25) is 0 Å². The molecule has 0 fully saturated rings. The van der Waals surface area contributed by atoms with Gasteiger partial charge in [0.15, 0.2) is 0 Å². The molecule has 7 heteroatoms. The predicted molar refractivity (Wildman–Crippen MR) is 90.1 cm³/mol. The number of aliphatic carboxylic acids is 1. The van der Waals surface area contributed by atoms with Crippen LogP contribution in [0.25, 0.3) is 0 Å². The molecule has 2 atom stereocenters. The van der Waals surface area contributed by atoms with Gasteiger partial charge in [0.1, 0.15) is 6.04 Å². The molecule has 0 heterocycles. The second-order valence-corrected chi connectivity index (χ2v) is 5.94. The number of aliphatic hydroxyl groups is 1. The van der Waals surface area contributed by atoms with E-state index >= 15 is 0 Å². The van der Waals surface area contributed by atoms with Crippen molar-refractivity contribution in [2.75, 3.05) is 26.2 Å². The van der Waals surface area contributed by atoms with Crippen LogP contribution in [-0.2, 0) is 4.79 Å². The number of hydrogen-bond acceptors (Lipinski definition) is 5. The van der Waals surface area contributed by atoms with Crippen molar-refractivity contribution in [3.8, 4) is 0 Å². The van der Waals surface area contributed by atoms with E-state index in [0.717, 1.165) is 32.1 Å². The fourth-order valence-electron chi connectivity index (χ4n) is 2.17. The SMILES string of the molecule is CCC/C=C(\[O-])CN(CCNCC(O)CCCC)C(C)C(=O)O.[Li+]. The Bertz CT molecular complexity index is 353. The third kappa shape index (κ3) is 12.9. The molecule has 0 aliphatic rings. The molecular weight excluding hydrogens is 303 g/mol. The maximum atomic E-state index is 11.8. The summed E-state index contributed by atoms with van der Waals surface area (Å²) in [7, 11) is 0. The van der Waals surface area contributed by atoms with Crippen LogP contribution in [0.15, 0.2) is 11.8 Å². The van der Waals surface area contributed by atoms with Gasteiger partial charge in [0, 0.05) is 26.2 Å². The quantitative estimate of drug-likeness (QED) is 0.192. The number of rotatable bonds is 14. The molecule has 6 nitrogen and oxygen atoms in total. The molecule has 0 aromatic carbocycles. The fraction of sp³-hybridized carbons (Fsp3) is 0.824. The normalized spacial score (nSPS) is 14.3. The van der Waals surface area contributed by atoms with Gasteiger partial charge in [0.25, 0.3) is 0 Å². The van der Waals surface area contributed by atoms with Crippen molar-refractivity contribution in [1.82, 2.24) is 10.2 Å². The average molecular weight is 336 g/mol. The molecule has 0 aliphatic carbocycles. The third-order valence-corrected chi connectivity index (χ3v) is 3.77. The van der Waals surface area contributed by atoms with Crippen LogP contribution in [0.5, 0.6) is 0 Å². The summed E-state index contributed by atoms with van der Waals surface area (Å²) >= 11 is 0. The molecule has 24 heavy (non-hydrogen) atoms. The zero-order valence-electron chi connectivity index (χ0n) is 15.8. The number of aliphatic hydroxyl groups excluding tert-OH is 1. The van der Waals surface area contributed by atoms with E-state index in [4.69, 9.17) is 5.11 Å². The summed E-state index contributed by atoms with van der Waals surface area (Å²) in [5, 5.41) is 33.9. The van der Waals surface area contributed by atoms with Crippen LogP contribution >= 0.6 is 0 Å². The number of nitrogens with one attached hydrogen (secondary N) is 1. The molecule has 0 aromatic heterocycles. The van der Waals surface area contributed by atoms with Gasteiger partial charge in [-0.1, -0.05) is 39.2 Å². The van der Waals surface area contributed by atoms with E-state index in [1.54, 1.807) is 17.9 Å². The third-order valence-electron chi connectivity index (χ3n) is 3.77. The summed E-state index contributed by atoms with van der Waals surface area (Å²) < 4.78 is 0. The summed E-state index contributed by atoms with van der Waals surface area (Å²) in [5.41, 5.74) is 0. The smallest absolute Gasteiger partial charge is 0.875 e. The first kappa shape index (κ1) is 25.7. The summed E-state index contributed by atoms with van der Waals surface area (Å²) in [4.78, 5) is 12.8. The second-order valence-electron chi connectivity index (χ2n) is 5.94. The number of nitrogens with zero attached hydrogens (tertiary/aromatic N) is 1. The van der Waals surface area contributed by atoms with Gasteiger partial charge < -0.3 is 20.6 Å². The van der Waals surface area contributed by atoms with Crippen molar-refractivity contribution in [3.63, 3.8) is 0 Å². The van der Waals surface area contributed by atoms with Gasteiger partial charge in [0.05, 0.1) is 6.10 Å². The van der Waals surface area contributed by atoms with Crippen molar-refractivity contribution in [2.45, 2.75) is 65.0 Å². The van der Waals surface area contributed by atoms with Crippen LogP contribution in [0.1, 0.15) is 52.9 Å². The van der Waals surface area contributed by atoms with Crippen molar-refractivity contribution in [1.29, 1.82) is 0 Å². The first-order valence-corrected chi connectivity index (χ1v) is 8.64. The van der Waals surface area contributed by atoms with Crippen LogP contribution in [0.3, 0.4) is 0 Å². The van der Waals surface area contributed by atoms with E-state index < -0.39 is 12.0 Å². The Morgan fingerprint density at radius 1 is 1.33 bits per heavy atom. The minimum absolute atomic E-state index is 0. The molecule has 0 saturated heterocycles. The molecule has 0 rings (SSSR count). The van der Waals surface area contributed by atoms with Gasteiger partial charge in [-0.25, -0.2) is 0 Å². The Hall–Kier alpha value is -0.513. The number of unbranched alkanes of at least 4 members (excludes halogenated alkanes) is 2. The average Bonchev–Trinajstić information content (AvgIpc) is 2.52. The van der Waals surface area contributed by atoms with E-state index in [9.17, 15) is 15.0 Å². The molecule has 0 aromatic rings. The molecule has 0 aliphatic heterocycles. The zero-order chi connectivity index (χ0) is 17.7. The van der Waals surface area contributed by atoms with Gasteiger partial charge in [-0.2, -0.15) is 0 Å². The van der Waals surface area contributed by atoms with E-state index in [-0.39, 0.29) is 37.3 Å². The Morgan fingerprint density at radius 3 is 2.54 bits per heavy atom. The van der Waals surface area contributed by atoms with E-state index in [1.807, 2.05) is 6.92 Å². The number of carboxylic acids is 1. The molecule has 2 unspecified atom stereocenters. The van der Waals surface area contributed by atoms with Gasteiger partial charge in [0.2, 0.25) is 0 Å². The van der Waals surface area contributed by atoms with Crippen molar-refractivity contribution in [3.05, 3.63) is 11.8 Å². The summed E-state index contributed by atoms with van der Waals surface area (Å²) in [5.74, 6) is -0.973. The van der Waals surface area contributed by atoms with Crippen LogP contribution in [0.4, 0.5) is 0 Å². The molecule has 136 valence electrons. The van der Waals surface area contributed by atoms with Crippen molar-refractivity contribution in [2.24, 2.45) is 0 Å². The topological polar surface area (TPSA) is 95.9 Å².